The number of hydrogen-bond donors (Lipinski definition) is 0. The summed E-state index contributed by atoms with van der Waals surface area (Å²) in [6.07, 6.45) is 8.47. The van der Waals surface area contributed by atoms with Gasteiger partial charge in [0.15, 0.2) is 0 Å². The zero-order valence-corrected chi connectivity index (χ0v) is 12.3. The molecule has 0 spiro atoms. The fourth-order valence-electron chi connectivity index (χ4n) is 3.80. The second kappa shape index (κ2) is 5.61. The molecular weight excluding hydrogens is 236 g/mol. The molecule has 0 radical (unpaired) electrons. The number of nitrogens with zero attached hydrogens (tertiary/aromatic N) is 4. The van der Waals surface area contributed by atoms with Crippen molar-refractivity contribution >= 4 is 0 Å². The topological polar surface area (TPSA) is 34.0 Å². The van der Waals surface area contributed by atoms with Crippen LogP contribution in [0, 0.1) is 19.8 Å². The smallest absolute Gasteiger partial charge is 0.147 e. The van der Waals surface area contributed by atoms with E-state index in [1.54, 1.807) is 0 Å². The van der Waals surface area contributed by atoms with E-state index in [-0.39, 0.29) is 0 Å². The van der Waals surface area contributed by atoms with Crippen molar-refractivity contribution in [2.24, 2.45) is 5.92 Å². The Bertz CT molecular complexity index is 420. The molecule has 1 aliphatic heterocycles. The fraction of sp³-hybridized carbons (Fsp3) is 0.867. The van der Waals surface area contributed by atoms with Crippen molar-refractivity contribution in [1.29, 1.82) is 0 Å². The van der Waals surface area contributed by atoms with Gasteiger partial charge in [-0.15, -0.1) is 0 Å². The first-order chi connectivity index (χ1) is 9.22. The third-order valence-corrected chi connectivity index (χ3v) is 4.81. The van der Waals surface area contributed by atoms with Crippen molar-refractivity contribution in [3.05, 3.63) is 11.6 Å². The molecule has 2 heterocycles. The van der Waals surface area contributed by atoms with Gasteiger partial charge in [-0.25, -0.2) is 9.67 Å². The number of hydrogen-bond acceptors (Lipinski definition) is 3. The summed E-state index contributed by atoms with van der Waals surface area (Å²) >= 11 is 0. The minimum Gasteiger partial charge on any atom is -0.298 e. The zero-order valence-electron chi connectivity index (χ0n) is 12.3. The van der Waals surface area contributed by atoms with Crippen molar-refractivity contribution in [2.75, 3.05) is 13.1 Å². The predicted molar refractivity (Wildman–Crippen MR) is 76.0 cm³/mol. The van der Waals surface area contributed by atoms with Gasteiger partial charge in [0, 0.05) is 12.6 Å². The molecule has 2 fully saturated rings. The summed E-state index contributed by atoms with van der Waals surface area (Å²) in [5, 5.41) is 4.52. The Morgan fingerprint density at radius 2 is 1.84 bits per heavy atom. The highest BCUT2D eigenvalue weighted by Crippen LogP contribution is 2.28. The van der Waals surface area contributed by atoms with E-state index < -0.39 is 0 Å². The van der Waals surface area contributed by atoms with Crippen LogP contribution in [-0.4, -0.2) is 38.8 Å². The molecule has 1 saturated heterocycles. The summed E-state index contributed by atoms with van der Waals surface area (Å²) in [4.78, 5) is 7.13. The molecule has 4 heteroatoms. The van der Waals surface area contributed by atoms with Crippen molar-refractivity contribution < 1.29 is 0 Å². The fourth-order valence-corrected chi connectivity index (χ4v) is 3.80. The van der Waals surface area contributed by atoms with Crippen LogP contribution in [0.4, 0.5) is 0 Å². The van der Waals surface area contributed by atoms with Gasteiger partial charge in [-0.05, 0) is 52.0 Å². The Morgan fingerprint density at radius 3 is 2.53 bits per heavy atom. The second-order valence-electron chi connectivity index (χ2n) is 6.33. The van der Waals surface area contributed by atoms with Crippen molar-refractivity contribution in [3.8, 4) is 0 Å². The lowest BCUT2D eigenvalue weighted by atomic mass is 10.1. The maximum atomic E-state index is 4.52. The molecule has 2 aliphatic rings. The normalized spacial score (nSPS) is 25.5. The molecule has 1 atom stereocenters. The highest BCUT2D eigenvalue weighted by molar-refractivity contribution is 4.90. The minimum absolute atomic E-state index is 0.681. The summed E-state index contributed by atoms with van der Waals surface area (Å²) in [5.41, 5.74) is 0. The quantitative estimate of drug-likeness (QED) is 0.836. The molecule has 0 bridgehead atoms. The maximum absolute atomic E-state index is 4.52. The molecule has 0 amide bonds. The monoisotopic (exact) mass is 262 g/mol. The standard InChI is InChI=1S/C15H26N4/c1-12-16-13(2)19(17-12)11-15-8-5-9-18(15)10-14-6-3-4-7-14/h14-15H,3-11H2,1-2H3/t15-/m1/s1. The van der Waals surface area contributed by atoms with Crippen LogP contribution in [0.1, 0.15) is 50.2 Å². The lowest BCUT2D eigenvalue weighted by Gasteiger charge is -2.27. The van der Waals surface area contributed by atoms with Gasteiger partial charge in [-0.2, -0.15) is 5.10 Å². The Labute approximate surface area is 116 Å². The molecule has 1 saturated carbocycles. The zero-order chi connectivity index (χ0) is 13.2. The van der Waals surface area contributed by atoms with Crippen molar-refractivity contribution in [2.45, 2.75) is 65.0 Å². The van der Waals surface area contributed by atoms with E-state index in [0.717, 1.165) is 24.1 Å². The second-order valence-corrected chi connectivity index (χ2v) is 6.33. The van der Waals surface area contributed by atoms with Crippen molar-refractivity contribution in [1.82, 2.24) is 19.7 Å². The number of rotatable bonds is 4. The third kappa shape index (κ3) is 2.99. The first kappa shape index (κ1) is 13.1. The summed E-state index contributed by atoms with van der Waals surface area (Å²) in [5.74, 6) is 2.92. The van der Waals surface area contributed by atoms with Gasteiger partial charge in [-0.3, -0.25) is 4.90 Å². The summed E-state index contributed by atoms with van der Waals surface area (Å²) in [6.45, 7) is 7.68. The van der Waals surface area contributed by atoms with Gasteiger partial charge < -0.3 is 0 Å². The SMILES string of the molecule is Cc1nc(C)n(C[C@H]2CCCN2CC2CCCC2)n1. The number of aryl methyl sites for hydroxylation is 2. The van der Waals surface area contributed by atoms with Crippen LogP contribution in [0.15, 0.2) is 0 Å². The van der Waals surface area contributed by atoms with Crippen LogP contribution < -0.4 is 0 Å². The van der Waals surface area contributed by atoms with Crippen LogP contribution >= 0.6 is 0 Å². The molecule has 1 aromatic rings. The largest absolute Gasteiger partial charge is 0.298 e. The Kier molecular flexibility index (Phi) is 3.87. The van der Waals surface area contributed by atoms with E-state index in [4.69, 9.17) is 0 Å². The molecule has 106 valence electrons. The summed E-state index contributed by atoms with van der Waals surface area (Å²) in [7, 11) is 0. The molecule has 3 rings (SSSR count). The summed E-state index contributed by atoms with van der Waals surface area (Å²) in [6, 6.07) is 0.681. The molecule has 4 nitrogen and oxygen atoms in total. The van der Waals surface area contributed by atoms with Gasteiger partial charge in [0.1, 0.15) is 11.6 Å². The van der Waals surface area contributed by atoms with Gasteiger partial charge in [0.25, 0.3) is 0 Å². The Morgan fingerprint density at radius 1 is 1.05 bits per heavy atom. The lowest BCUT2D eigenvalue weighted by Crippen LogP contribution is -2.36. The van der Waals surface area contributed by atoms with E-state index in [2.05, 4.69) is 26.6 Å². The molecule has 19 heavy (non-hydrogen) atoms. The van der Waals surface area contributed by atoms with Crippen LogP contribution in [0.3, 0.4) is 0 Å². The maximum Gasteiger partial charge on any atom is 0.147 e. The first-order valence-corrected chi connectivity index (χ1v) is 7.84. The van der Waals surface area contributed by atoms with Gasteiger partial charge >= 0.3 is 0 Å². The summed E-state index contributed by atoms with van der Waals surface area (Å²) < 4.78 is 2.10. The van der Waals surface area contributed by atoms with E-state index in [9.17, 15) is 0 Å². The lowest BCUT2D eigenvalue weighted by molar-refractivity contribution is 0.194. The average molecular weight is 262 g/mol. The molecule has 0 N–H and O–H groups in total. The van der Waals surface area contributed by atoms with Gasteiger partial charge in [0.2, 0.25) is 0 Å². The van der Waals surface area contributed by atoms with E-state index in [1.807, 2.05) is 6.92 Å². The van der Waals surface area contributed by atoms with E-state index in [1.165, 1.54) is 51.6 Å². The number of likely N-dealkylation sites (tertiary alicyclic amines) is 1. The van der Waals surface area contributed by atoms with Gasteiger partial charge in [0.05, 0.1) is 6.54 Å². The van der Waals surface area contributed by atoms with Crippen LogP contribution in [0.5, 0.6) is 0 Å². The predicted octanol–water partition coefficient (Wildman–Crippen LogP) is 2.55. The molecule has 1 aliphatic carbocycles. The number of aromatic nitrogens is 3. The Balaban J connectivity index is 1.61. The molecule has 0 unspecified atom stereocenters. The van der Waals surface area contributed by atoms with Crippen LogP contribution in [0.25, 0.3) is 0 Å². The average Bonchev–Trinajstić information content (AvgIpc) is 3.06. The van der Waals surface area contributed by atoms with Crippen LogP contribution in [0.2, 0.25) is 0 Å². The van der Waals surface area contributed by atoms with E-state index >= 15 is 0 Å². The Hall–Kier alpha value is -0.900. The van der Waals surface area contributed by atoms with Crippen LogP contribution in [-0.2, 0) is 6.54 Å². The molecule has 1 aromatic heterocycles. The third-order valence-electron chi connectivity index (χ3n) is 4.81. The first-order valence-electron chi connectivity index (χ1n) is 7.84. The van der Waals surface area contributed by atoms with E-state index in [0.29, 0.717) is 6.04 Å². The minimum atomic E-state index is 0.681. The highest BCUT2D eigenvalue weighted by Gasteiger charge is 2.28. The van der Waals surface area contributed by atoms with Gasteiger partial charge in [-0.1, -0.05) is 12.8 Å². The molecular formula is C15H26N4. The van der Waals surface area contributed by atoms with Crippen molar-refractivity contribution in [3.63, 3.8) is 0 Å². The highest BCUT2D eigenvalue weighted by atomic mass is 15.4. The molecule has 0 aromatic carbocycles.